The van der Waals surface area contributed by atoms with Gasteiger partial charge in [-0.05, 0) is 30.0 Å². The summed E-state index contributed by atoms with van der Waals surface area (Å²) in [6, 6.07) is 5.04. The second-order valence-corrected chi connectivity index (χ2v) is 5.14. The number of phenolic OH excluding ortho intramolecular Hbond substituents is 1. The molecule has 1 rings (SSSR count). The Labute approximate surface area is 120 Å². The van der Waals surface area contributed by atoms with Crippen molar-refractivity contribution in [2.24, 2.45) is 5.18 Å². The van der Waals surface area contributed by atoms with Crippen LogP contribution in [0.2, 0.25) is 0 Å². The van der Waals surface area contributed by atoms with Crippen LogP contribution >= 0.6 is 0 Å². The number of phenols is 1. The number of hydrogen-bond acceptors (Lipinski definition) is 3. The van der Waals surface area contributed by atoms with Gasteiger partial charge in [-0.3, -0.25) is 4.79 Å². The highest BCUT2D eigenvalue weighted by molar-refractivity contribution is 5.79. The summed E-state index contributed by atoms with van der Waals surface area (Å²) in [5, 5.41) is 12.2. The van der Waals surface area contributed by atoms with Crippen LogP contribution in [0, 0.1) is 4.91 Å². The number of nitroso groups, excluding NO2 is 1. The number of nitrogens with zero attached hydrogens (tertiary/aromatic N) is 1. The minimum absolute atomic E-state index is 0.00722. The number of hydrogen-bond donors (Lipinski definition) is 1. The van der Waals surface area contributed by atoms with Crippen LogP contribution in [0.3, 0.4) is 0 Å². The molecule has 0 atom stereocenters. The normalized spacial score (nSPS) is 10.4. The second kappa shape index (κ2) is 9.23. The zero-order valence-corrected chi connectivity index (χ0v) is 12.1. The van der Waals surface area contributed by atoms with Crippen molar-refractivity contribution < 1.29 is 9.90 Å². The topological polar surface area (TPSA) is 66.7 Å². The van der Waals surface area contributed by atoms with Crippen LogP contribution in [-0.2, 0) is 17.6 Å². The zero-order valence-electron chi connectivity index (χ0n) is 12.1. The van der Waals surface area contributed by atoms with Crippen LogP contribution in [-0.4, -0.2) is 11.0 Å². The third-order valence-electron chi connectivity index (χ3n) is 3.40. The number of carbonyl (C=O) groups is 1. The fourth-order valence-electron chi connectivity index (χ4n) is 2.25. The first-order valence-electron chi connectivity index (χ1n) is 7.34. The molecule has 1 aromatic rings. The number of rotatable bonds is 9. The molecule has 0 saturated carbocycles. The number of benzene rings is 1. The number of aryl methyl sites for hydroxylation is 1. The number of amides is 1. The molecule has 4 heteroatoms. The maximum absolute atomic E-state index is 11.0. The average molecular weight is 277 g/mol. The van der Waals surface area contributed by atoms with E-state index in [4.69, 9.17) is 0 Å². The molecule has 1 N–H and O–H groups in total. The van der Waals surface area contributed by atoms with E-state index < -0.39 is 5.91 Å². The zero-order chi connectivity index (χ0) is 14.8. The first kappa shape index (κ1) is 16.3. The maximum Gasteiger partial charge on any atom is 0.290 e. The third-order valence-corrected chi connectivity index (χ3v) is 3.40. The second-order valence-electron chi connectivity index (χ2n) is 5.14. The standard InChI is InChI=1S/C16H23NO3/c1-2-3-4-5-6-7-8-14-11-13(9-10-15(14)18)12-16(19)17-20/h9-11,18H,2-8,12H2,1H3. The van der Waals surface area contributed by atoms with E-state index in [1.165, 1.54) is 25.7 Å². The fourth-order valence-corrected chi connectivity index (χ4v) is 2.25. The smallest absolute Gasteiger partial charge is 0.290 e. The van der Waals surface area contributed by atoms with Crippen LogP contribution in [0.15, 0.2) is 23.4 Å². The molecule has 4 nitrogen and oxygen atoms in total. The summed E-state index contributed by atoms with van der Waals surface area (Å²) < 4.78 is 0. The fraction of sp³-hybridized carbons (Fsp3) is 0.562. The van der Waals surface area contributed by atoms with E-state index in [0.29, 0.717) is 0 Å². The minimum atomic E-state index is -0.679. The molecule has 1 aromatic carbocycles. The van der Waals surface area contributed by atoms with Gasteiger partial charge in [0, 0.05) is 5.18 Å². The molecule has 0 radical (unpaired) electrons. The van der Waals surface area contributed by atoms with Gasteiger partial charge in [-0.15, -0.1) is 4.91 Å². The third kappa shape index (κ3) is 5.95. The first-order chi connectivity index (χ1) is 9.67. The van der Waals surface area contributed by atoms with Gasteiger partial charge >= 0.3 is 0 Å². The lowest BCUT2D eigenvalue weighted by molar-refractivity contribution is -0.117. The van der Waals surface area contributed by atoms with E-state index in [1.54, 1.807) is 18.2 Å². The summed E-state index contributed by atoms with van der Waals surface area (Å²) in [5.41, 5.74) is 1.57. The molecular weight excluding hydrogens is 254 g/mol. The van der Waals surface area contributed by atoms with Gasteiger partial charge in [0.15, 0.2) is 0 Å². The molecule has 0 saturated heterocycles. The van der Waals surface area contributed by atoms with Crippen molar-refractivity contribution in [3.63, 3.8) is 0 Å². The van der Waals surface area contributed by atoms with Crippen molar-refractivity contribution in [3.05, 3.63) is 34.2 Å². The Kier molecular flexibility index (Phi) is 7.55. The molecule has 0 fully saturated rings. The Bertz CT molecular complexity index is 443. The Morgan fingerprint density at radius 2 is 1.85 bits per heavy atom. The molecule has 0 heterocycles. The van der Waals surface area contributed by atoms with Gasteiger partial charge < -0.3 is 5.11 Å². The van der Waals surface area contributed by atoms with Crippen molar-refractivity contribution in [2.45, 2.75) is 58.3 Å². The van der Waals surface area contributed by atoms with E-state index in [0.717, 1.165) is 30.4 Å². The van der Waals surface area contributed by atoms with E-state index >= 15 is 0 Å². The molecule has 0 aliphatic carbocycles. The summed E-state index contributed by atoms with van der Waals surface area (Å²) in [5.74, 6) is -0.421. The van der Waals surface area contributed by atoms with E-state index in [1.807, 2.05) is 0 Å². The lowest BCUT2D eigenvalue weighted by Gasteiger charge is -2.07. The Hall–Kier alpha value is -1.71. The Morgan fingerprint density at radius 1 is 1.15 bits per heavy atom. The van der Waals surface area contributed by atoms with Crippen molar-refractivity contribution in [2.75, 3.05) is 0 Å². The van der Waals surface area contributed by atoms with Crippen molar-refractivity contribution >= 4 is 5.91 Å². The summed E-state index contributed by atoms with van der Waals surface area (Å²) in [7, 11) is 0. The van der Waals surface area contributed by atoms with Crippen LogP contribution in [0.4, 0.5) is 0 Å². The molecule has 0 bridgehead atoms. The quantitative estimate of drug-likeness (QED) is 0.545. The highest BCUT2D eigenvalue weighted by Gasteiger charge is 2.07. The molecule has 0 aromatic heterocycles. The van der Waals surface area contributed by atoms with Crippen LogP contribution < -0.4 is 0 Å². The number of aromatic hydroxyl groups is 1. The van der Waals surface area contributed by atoms with Gasteiger partial charge in [0.25, 0.3) is 5.91 Å². The summed E-state index contributed by atoms with van der Waals surface area (Å²) in [4.78, 5) is 21.1. The molecular formula is C16H23NO3. The highest BCUT2D eigenvalue weighted by atomic mass is 16.3. The number of carbonyl (C=O) groups excluding carboxylic acids is 1. The molecule has 110 valence electrons. The van der Waals surface area contributed by atoms with E-state index in [9.17, 15) is 14.8 Å². The highest BCUT2D eigenvalue weighted by Crippen LogP contribution is 2.21. The first-order valence-corrected chi connectivity index (χ1v) is 7.34. The molecule has 0 aliphatic rings. The SMILES string of the molecule is CCCCCCCCc1cc(CC(=O)N=O)ccc1O. The average Bonchev–Trinajstić information content (AvgIpc) is 2.45. The summed E-state index contributed by atoms with van der Waals surface area (Å²) in [6.45, 7) is 2.19. The molecule has 20 heavy (non-hydrogen) atoms. The van der Waals surface area contributed by atoms with Gasteiger partial charge in [-0.2, -0.15) is 0 Å². The number of unbranched alkanes of at least 4 members (excludes halogenated alkanes) is 5. The monoisotopic (exact) mass is 277 g/mol. The Morgan fingerprint density at radius 3 is 2.55 bits per heavy atom. The van der Waals surface area contributed by atoms with Gasteiger partial charge in [0.2, 0.25) is 0 Å². The van der Waals surface area contributed by atoms with Crippen molar-refractivity contribution in [1.29, 1.82) is 0 Å². The molecule has 0 unspecified atom stereocenters. The minimum Gasteiger partial charge on any atom is -0.508 e. The van der Waals surface area contributed by atoms with Gasteiger partial charge in [0.1, 0.15) is 5.75 Å². The van der Waals surface area contributed by atoms with Crippen molar-refractivity contribution in [3.8, 4) is 5.75 Å². The summed E-state index contributed by atoms with van der Waals surface area (Å²) in [6.07, 6.45) is 7.99. The van der Waals surface area contributed by atoms with Crippen LogP contribution in [0.25, 0.3) is 0 Å². The van der Waals surface area contributed by atoms with Crippen molar-refractivity contribution in [1.82, 2.24) is 0 Å². The Balaban J connectivity index is 2.45. The molecule has 1 amide bonds. The van der Waals surface area contributed by atoms with E-state index in [-0.39, 0.29) is 12.2 Å². The van der Waals surface area contributed by atoms with Gasteiger partial charge in [-0.25, -0.2) is 0 Å². The lowest BCUT2D eigenvalue weighted by Crippen LogP contribution is -1.99. The van der Waals surface area contributed by atoms with Crippen LogP contribution in [0.5, 0.6) is 5.75 Å². The molecule has 0 aliphatic heterocycles. The lowest BCUT2D eigenvalue weighted by atomic mass is 10.0. The summed E-state index contributed by atoms with van der Waals surface area (Å²) >= 11 is 0. The predicted molar refractivity (Wildman–Crippen MR) is 79.7 cm³/mol. The predicted octanol–water partition coefficient (Wildman–Crippen LogP) is 4.13. The van der Waals surface area contributed by atoms with E-state index in [2.05, 4.69) is 12.1 Å². The maximum atomic E-state index is 11.0. The van der Waals surface area contributed by atoms with Gasteiger partial charge in [-0.1, -0.05) is 51.2 Å². The van der Waals surface area contributed by atoms with Gasteiger partial charge in [0.05, 0.1) is 6.42 Å². The largest absolute Gasteiger partial charge is 0.508 e. The molecule has 0 spiro atoms. The van der Waals surface area contributed by atoms with Crippen LogP contribution in [0.1, 0.15) is 56.6 Å².